The van der Waals surface area contributed by atoms with Gasteiger partial charge in [0, 0.05) is 39.3 Å². The van der Waals surface area contributed by atoms with Crippen molar-refractivity contribution in [1.82, 2.24) is 15.1 Å². The maximum Gasteiger partial charge on any atom is 0.416 e. The molecule has 0 saturated carbocycles. The summed E-state index contributed by atoms with van der Waals surface area (Å²) in [6.07, 6.45) is -4.08. The van der Waals surface area contributed by atoms with E-state index in [9.17, 15) is 27.6 Å². The standard InChI is InChI=1S/C27H35F3N6O3/c28-27(29,30)21-8-7-19-16-36(17-20(19)14-21)26(39)23(9-6-18-4-2-1-3-5-18)34-25(38)22(33)15-24(37)35(12-10-31)13-11-32/h1-5,7-8,14,22-23H,6,9-13,15-17,31-33H2,(H,34,38)/t22-,23-/m0/s1. The van der Waals surface area contributed by atoms with Gasteiger partial charge < -0.3 is 32.3 Å². The Labute approximate surface area is 225 Å². The van der Waals surface area contributed by atoms with Crippen LogP contribution in [0.25, 0.3) is 0 Å². The number of amides is 3. The van der Waals surface area contributed by atoms with Crippen molar-refractivity contribution in [2.75, 3.05) is 26.2 Å². The number of carbonyl (C=O) groups excluding carboxylic acids is 3. The predicted octanol–water partition coefficient (Wildman–Crippen LogP) is 1.13. The number of aryl methyl sites for hydroxylation is 1. The van der Waals surface area contributed by atoms with Crippen LogP contribution in [0, 0.1) is 0 Å². The lowest BCUT2D eigenvalue weighted by Gasteiger charge is -2.26. The lowest BCUT2D eigenvalue weighted by Crippen LogP contribution is -2.53. The number of halogens is 3. The normalized spacial score (nSPS) is 14.5. The molecule has 0 spiro atoms. The fourth-order valence-electron chi connectivity index (χ4n) is 4.52. The van der Waals surface area contributed by atoms with Crippen LogP contribution >= 0.6 is 0 Å². The van der Waals surface area contributed by atoms with Crippen LogP contribution in [0.3, 0.4) is 0 Å². The van der Waals surface area contributed by atoms with Gasteiger partial charge in [0.15, 0.2) is 0 Å². The molecule has 0 aromatic heterocycles. The SMILES string of the molecule is NCCN(CCN)C(=O)C[C@H](N)C(=O)N[C@@H](CCc1ccccc1)C(=O)N1Cc2ccc(C(F)(F)F)cc2C1. The van der Waals surface area contributed by atoms with Crippen LogP contribution in [0.1, 0.15) is 35.1 Å². The van der Waals surface area contributed by atoms with Gasteiger partial charge in [-0.2, -0.15) is 13.2 Å². The van der Waals surface area contributed by atoms with E-state index in [0.717, 1.165) is 17.7 Å². The van der Waals surface area contributed by atoms with Crippen LogP contribution in [-0.2, 0) is 40.1 Å². The molecule has 0 bridgehead atoms. The first-order chi connectivity index (χ1) is 18.5. The Balaban J connectivity index is 1.71. The van der Waals surface area contributed by atoms with Crippen LogP contribution in [-0.4, -0.2) is 65.8 Å². The first kappa shape index (κ1) is 30.1. The van der Waals surface area contributed by atoms with Crippen molar-refractivity contribution in [3.8, 4) is 0 Å². The highest BCUT2D eigenvalue weighted by Gasteiger charge is 2.35. The van der Waals surface area contributed by atoms with Gasteiger partial charge in [0.2, 0.25) is 17.7 Å². The summed E-state index contributed by atoms with van der Waals surface area (Å²) < 4.78 is 39.5. The maximum absolute atomic E-state index is 13.5. The van der Waals surface area contributed by atoms with Crippen LogP contribution in [0.5, 0.6) is 0 Å². The molecule has 12 heteroatoms. The lowest BCUT2D eigenvalue weighted by molar-refractivity contribution is -0.138. The van der Waals surface area contributed by atoms with Crippen molar-refractivity contribution in [2.45, 2.75) is 50.6 Å². The number of hydrogen-bond donors (Lipinski definition) is 4. The number of fused-ring (bicyclic) bond motifs is 1. The Morgan fingerprint density at radius 3 is 2.23 bits per heavy atom. The molecule has 1 heterocycles. The fraction of sp³-hybridized carbons (Fsp3) is 0.444. The van der Waals surface area contributed by atoms with Gasteiger partial charge in [-0.15, -0.1) is 0 Å². The van der Waals surface area contributed by atoms with E-state index in [1.807, 2.05) is 30.3 Å². The molecule has 3 rings (SSSR count). The first-order valence-electron chi connectivity index (χ1n) is 12.8. The summed E-state index contributed by atoms with van der Waals surface area (Å²) in [7, 11) is 0. The number of alkyl halides is 3. The van der Waals surface area contributed by atoms with Crippen molar-refractivity contribution in [1.29, 1.82) is 0 Å². The van der Waals surface area contributed by atoms with E-state index in [0.29, 0.717) is 17.5 Å². The molecule has 9 nitrogen and oxygen atoms in total. The molecular formula is C27H35F3N6O3. The van der Waals surface area contributed by atoms with Crippen LogP contribution < -0.4 is 22.5 Å². The summed E-state index contributed by atoms with van der Waals surface area (Å²) in [6, 6.07) is 10.6. The quantitative estimate of drug-likeness (QED) is 0.313. The van der Waals surface area contributed by atoms with E-state index in [4.69, 9.17) is 17.2 Å². The van der Waals surface area contributed by atoms with E-state index in [2.05, 4.69) is 5.32 Å². The summed E-state index contributed by atoms with van der Waals surface area (Å²) in [4.78, 5) is 42.0. The molecule has 2 aromatic rings. The van der Waals surface area contributed by atoms with E-state index in [1.165, 1.54) is 15.9 Å². The number of carbonyl (C=O) groups is 3. The minimum absolute atomic E-state index is 0.00648. The van der Waals surface area contributed by atoms with Gasteiger partial charge in [-0.3, -0.25) is 14.4 Å². The number of nitrogens with one attached hydrogen (secondary N) is 1. The second-order valence-corrected chi connectivity index (χ2v) is 9.53. The summed E-state index contributed by atoms with van der Waals surface area (Å²) >= 11 is 0. The number of rotatable bonds is 12. The molecule has 0 fully saturated rings. The molecule has 0 unspecified atom stereocenters. The minimum Gasteiger partial charge on any atom is -0.343 e. The van der Waals surface area contributed by atoms with Crippen molar-refractivity contribution in [3.05, 3.63) is 70.8 Å². The highest BCUT2D eigenvalue weighted by Crippen LogP contribution is 2.33. The minimum atomic E-state index is -4.49. The molecule has 7 N–H and O–H groups in total. The molecule has 2 aromatic carbocycles. The van der Waals surface area contributed by atoms with Gasteiger partial charge >= 0.3 is 6.18 Å². The summed E-state index contributed by atoms with van der Waals surface area (Å²) in [5.41, 5.74) is 18.3. The third kappa shape index (κ3) is 8.25. The lowest BCUT2D eigenvalue weighted by atomic mass is 10.0. The molecule has 0 aliphatic carbocycles. The number of hydrogen-bond acceptors (Lipinski definition) is 6. The van der Waals surface area contributed by atoms with Gasteiger partial charge in [-0.1, -0.05) is 36.4 Å². The molecule has 1 aliphatic rings. The number of nitrogens with two attached hydrogens (primary N) is 3. The molecule has 0 saturated heterocycles. The number of benzene rings is 2. The van der Waals surface area contributed by atoms with Crippen LogP contribution in [0.15, 0.2) is 48.5 Å². The van der Waals surface area contributed by atoms with Crippen LogP contribution in [0.2, 0.25) is 0 Å². The molecular weight excluding hydrogens is 513 g/mol. The molecule has 212 valence electrons. The maximum atomic E-state index is 13.5. The molecule has 0 radical (unpaired) electrons. The van der Waals surface area contributed by atoms with E-state index >= 15 is 0 Å². The monoisotopic (exact) mass is 548 g/mol. The van der Waals surface area contributed by atoms with Gasteiger partial charge in [0.25, 0.3) is 0 Å². The Kier molecular flexibility index (Phi) is 10.4. The second kappa shape index (κ2) is 13.5. The van der Waals surface area contributed by atoms with Gasteiger partial charge in [-0.05, 0) is 41.7 Å². The fourth-order valence-corrected chi connectivity index (χ4v) is 4.52. The number of nitrogens with zero attached hydrogens (tertiary/aromatic N) is 2. The first-order valence-corrected chi connectivity index (χ1v) is 12.8. The summed E-state index contributed by atoms with van der Waals surface area (Å²) in [6.45, 7) is 1.12. The third-order valence-corrected chi connectivity index (χ3v) is 6.63. The van der Waals surface area contributed by atoms with Crippen LogP contribution in [0.4, 0.5) is 13.2 Å². The Morgan fingerprint density at radius 1 is 0.974 bits per heavy atom. The van der Waals surface area contributed by atoms with Crippen molar-refractivity contribution in [2.24, 2.45) is 17.2 Å². The molecule has 3 amide bonds. The van der Waals surface area contributed by atoms with Gasteiger partial charge in [-0.25, -0.2) is 0 Å². The molecule has 2 atom stereocenters. The third-order valence-electron chi connectivity index (χ3n) is 6.63. The van der Waals surface area contributed by atoms with Crippen molar-refractivity contribution >= 4 is 17.7 Å². The predicted molar refractivity (Wildman–Crippen MR) is 140 cm³/mol. The van der Waals surface area contributed by atoms with Gasteiger partial charge in [0.1, 0.15) is 6.04 Å². The van der Waals surface area contributed by atoms with E-state index in [1.54, 1.807) is 0 Å². The average molecular weight is 549 g/mol. The van der Waals surface area contributed by atoms with E-state index in [-0.39, 0.29) is 58.0 Å². The molecule has 39 heavy (non-hydrogen) atoms. The highest BCUT2D eigenvalue weighted by atomic mass is 19.4. The zero-order chi connectivity index (χ0) is 28.6. The molecule has 1 aliphatic heterocycles. The topological polar surface area (TPSA) is 148 Å². The Hall–Kier alpha value is -3.48. The van der Waals surface area contributed by atoms with Gasteiger partial charge in [0.05, 0.1) is 18.0 Å². The zero-order valence-electron chi connectivity index (χ0n) is 21.6. The zero-order valence-corrected chi connectivity index (χ0v) is 21.6. The smallest absolute Gasteiger partial charge is 0.343 e. The summed E-state index contributed by atoms with van der Waals surface area (Å²) in [5.74, 6) is -1.49. The summed E-state index contributed by atoms with van der Waals surface area (Å²) in [5, 5.41) is 2.68. The van der Waals surface area contributed by atoms with Crippen molar-refractivity contribution in [3.63, 3.8) is 0 Å². The second-order valence-electron chi connectivity index (χ2n) is 9.53. The average Bonchev–Trinajstić information content (AvgIpc) is 3.34. The highest BCUT2D eigenvalue weighted by molar-refractivity contribution is 5.92. The Bertz CT molecular complexity index is 1140. The largest absolute Gasteiger partial charge is 0.416 e. The Morgan fingerprint density at radius 2 is 1.62 bits per heavy atom. The van der Waals surface area contributed by atoms with E-state index < -0.39 is 35.6 Å². The van der Waals surface area contributed by atoms with Crippen molar-refractivity contribution < 1.29 is 27.6 Å².